The molecule has 1 aliphatic rings. The summed E-state index contributed by atoms with van der Waals surface area (Å²) in [6, 6.07) is 10.8. The van der Waals surface area contributed by atoms with Crippen LogP contribution < -0.4 is 5.32 Å². The fraction of sp³-hybridized carbons (Fsp3) is 0.455. The molecule has 2 heteroatoms. The van der Waals surface area contributed by atoms with Crippen molar-refractivity contribution in [3.05, 3.63) is 35.9 Å². The minimum atomic E-state index is 0.705. The largest absolute Gasteiger partial charge is 0.316 e. The zero-order valence-electron chi connectivity index (χ0n) is 7.70. The van der Waals surface area contributed by atoms with Crippen molar-refractivity contribution in [2.45, 2.75) is 11.7 Å². The third-order valence-corrected chi connectivity index (χ3v) is 3.70. The summed E-state index contributed by atoms with van der Waals surface area (Å²) < 4.78 is 0. The molecular weight excluding hydrogens is 178 g/mol. The number of benzene rings is 1. The van der Waals surface area contributed by atoms with Gasteiger partial charge in [-0.15, -0.1) is 0 Å². The molecule has 1 aromatic rings. The molecule has 1 nitrogen and oxygen atoms in total. The van der Waals surface area contributed by atoms with Gasteiger partial charge in [0.1, 0.15) is 0 Å². The Balaban J connectivity index is 2.06. The van der Waals surface area contributed by atoms with Crippen molar-refractivity contribution < 1.29 is 0 Å². The van der Waals surface area contributed by atoms with Crippen LogP contribution in [0.15, 0.2) is 30.3 Å². The monoisotopic (exact) mass is 193 g/mol. The van der Waals surface area contributed by atoms with Crippen LogP contribution in [0.5, 0.6) is 0 Å². The first-order valence-corrected chi connectivity index (χ1v) is 5.89. The molecule has 13 heavy (non-hydrogen) atoms. The van der Waals surface area contributed by atoms with Gasteiger partial charge in [0, 0.05) is 17.5 Å². The van der Waals surface area contributed by atoms with Crippen LogP contribution >= 0.6 is 11.8 Å². The highest BCUT2D eigenvalue weighted by molar-refractivity contribution is 7.99. The van der Waals surface area contributed by atoms with Crippen molar-refractivity contribution in [1.82, 2.24) is 5.32 Å². The van der Waals surface area contributed by atoms with Crippen LogP contribution in [-0.2, 0) is 0 Å². The summed E-state index contributed by atoms with van der Waals surface area (Å²) >= 11 is 2.07. The molecule has 1 aromatic carbocycles. The molecule has 0 spiro atoms. The SMILES string of the molecule is c1ccc([C@H]2CCNCCS2)cc1. The summed E-state index contributed by atoms with van der Waals surface area (Å²) in [6.45, 7) is 2.32. The minimum Gasteiger partial charge on any atom is -0.316 e. The first-order chi connectivity index (χ1) is 6.47. The summed E-state index contributed by atoms with van der Waals surface area (Å²) in [4.78, 5) is 0. The molecule has 0 aromatic heterocycles. The van der Waals surface area contributed by atoms with Crippen LogP contribution in [0.4, 0.5) is 0 Å². The quantitative estimate of drug-likeness (QED) is 0.735. The van der Waals surface area contributed by atoms with E-state index in [1.54, 1.807) is 0 Å². The lowest BCUT2D eigenvalue weighted by Gasteiger charge is -2.12. The number of rotatable bonds is 1. The lowest BCUT2D eigenvalue weighted by molar-refractivity contribution is 0.687. The number of hydrogen-bond acceptors (Lipinski definition) is 2. The molecule has 0 saturated carbocycles. The van der Waals surface area contributed by atoms with Gasteiger partial charge in [-0.25, -0.2) is 0 Å². The molecule has 1 aliphatic heterocycles. The standard InChI is InChI=1S/C11H15NS/c1-2-4-10(5-3-1)11-6-7-12-8-9-13-11/h1-5,11-12H,6-9H2/t11-/m1/s1. The summed E-state index contributed by atoms with van der Waals surface area (Å²) in [6.07, 6.45) is 1.26. The molecule has 1 fully saturated rings. The molecule has 1 heterocycles. The highest BCUT2D eigenvalue weighted by Crippen LogP contribution is 2.32. The third kappa shape index (κ3) is 2.48. The van der Waals surface area contributed by atoms with Crippen molar-refractivity contribution in [2.75, 3.05) is 18.8 Å². The van der Waals surface area contributed by atoms with Gasteiger partial charge in [-0.2, -0.15) is 11.8 Å². The van der Waals surface area contributed by atoms with E-state index in [1.807, 2.05) is 0 Å². The van der Waals surface area contributed by atoms with Gasteiger partial charge in [-0.1, -0.05) is 30.3 Å². The first kappa shape index (κ1) is 9.10. The fourth-order valence-corrected chi connectivity index (χ4v) is 2.83. The van der Waals surface area contributed by atoms with Gasteiger partial charge in [0.15, 0.2) is 0 Å². The second kappa shape index (κ2) is 4.68. The van der Waals surface area contributed by atoms with E-state index >= 15 is 0 Å². The van der Waals surface area contributed by atoms with Crippen molar-refractivity contribution >= 4 is 11.8 Å². The Hall–Kier alpha value is -0.470. The van der Waals surface area contributed by atoms with E-state index in [-0.39, 0.29) is 0 Å². The maximum Gasteiger partial charge on any atom is 0.0309 e. The Morgan fingerprint density at radius 1 is 1.15 bits per heavy atom. The van der Waals surface area contributed by atoms with E-state index in [1.165, 1.54) is 17.7 Å². The molecule has 2 rings (SSSR count). The lowest BCUT2D eigenvalue weighted by atomic mass is 10.1. The maximum absolute atomic E-state index is 3.43. The zero-order chi connectivity index (χ0) is 8.93. The number of nitrogens with one attached hydrogen (secondary N) is 1. The van der Waals surface area contributed by atoms with Crippen LogP contribution in [0.25, 0.3) is 0 Å². The maximum atomic E-state index is 3.43. The summed E-state index contributed by atoms with van der Waals surface area (Å²) in [5.74, 6) is 1.24. The normalized spacial score (nSPS) is 23.8. The van der Waals surface area contributed by atoms with Gasteiger partial charge in [0.05, 0.1) is 0 Å². The van der Waals surface area contributed by atoms with Gasteiger partial charge in [0.25, 0.3) is 0 Å². The molecule has 1 N–H and O–H groups in total. The summed E-state index contributed by atoms with van der Waals surface area (Å²) in [7, 11) is 0. The lowest BCUT2D eigenvalue weighted by Crippen LogP contribution is -2.15. The highest BCUT2D eigenvalue weighted by atomic mass is 32.2. The summed E-state index contributed by atoms with van der Waals surface area (Å²) in [5.41, 5.74) is 1.48. The molecule has 0 bridgehead atoms. The molecule has 0 aliphatic carbocycles. The third-order valence-electron chi connectivity index (χ3n) is 2.35. The Kier molecular flexibility index (Phi) is 3.27. The topological polar surface area (TPSA) is 12.0 Å². The second-order valence-corrected chi connectivity index (χ2v) is 4.62. The molecule has 0 unspecified atom stereocenters. The Bertz CT molecular complexity index is 240. The second-order valence-electron chi connectivity index (χ2n) is 3.31. The van der Waals surface area contributed by atoms with E-state index in [4.69, 9.17) is 0 Å². The molecule has 70 valence electrons. The van der Waals surface area contributed by atoms with Crippen molar-refractivity contribution in [2.24, 2.45) is 0 Å². The molecule has 0 amide bonds. The average molecular weight is 193 g/mol. The fourth-order valence-electron chi connectivity index (χ4n) is 1.65. The Labute approximate surface area is 83.9 Å². The molecule has 1 atom stereocenters. The predicted molar refractivity (Wildman–Crippen MR) is 59.1 cm³/mol. The smallest absolute Gasteiger partial charge is 0.0309 e. The number of thioether (sulfide) groups is 1. The van der Waals surface area contributed by atoms with Crippen molar-refractivity contribution in [3.63, 3.8) is 0 Å². The molecule has 0 radical (unpaired) electrons. The van der Waals surface area contributed by atoms with Crippen LogP contribution in [-0.4, -0.2) is 18.8 Å². The van der Waals surface area contributed by atoms with Gasteiger partial charge >= 0.3 is 0 Å². The van der Waals surface area contributed by atoms with Gasteiger partial charge < -0.3 is 5.32 Å². The first-order valence-electron chi connectivity index (χ1n) is 4.84. The molecule has 1 saturated heterocycles. The summed E-state index contributed by atoms with van der Waals surface area (Å²) in [5, 5.41) is 4.13. The molecular formula is C11H15NS. The van der Waals surface area contributed by atoms with Crippen LogP contribution in [0.1, 0.15) is 17.2 Å². The van der Waals surface area contributed by atoms with Gasteiger partial charge in [-0.05, 0) is 18.5 Å². The minimum absolute atomic E-state index is 0.705. The van der Waals surface area contributed by atoms with E-state index in [0.29, 0.717) is 5.25 Å². The zero-order valence-corrected chi connectivity index (χ0v) is 8.52. The van der Waals surface area contributed by atoms with E-state index < -0.39 is 0 Å². The van der Waals surface area contributed by atoms with E-state index in [2.05, 4.69) is 47.4 Å². The van der Waals surface area contributed by atoms with Gasteiger partial charge in [0.2, 0.25) is 0 Å². The Morgan fingerprint density at radius 2 is 2.00 bits per heavy atom. The Morgan fingerprint density at radius 3 is 2.85 bits per heavy atom. The van der Waals surface area contributed by atoms with Crippen molar-refractivity contribution in [1.29, 1.82) is 0 Å². The van der Waals surface area contributed by atoms with Crippen LogP contribution in [0.2, 0.25) is 0 Å². The van der Waals surface area contributed by atoms with Crippen LogP contribution in [0.3, 0.4) is 0 Å². The van der Waals surface area contributed by atoms with E-state index in [0.717, 1.165) is 13.1 Å². The average Bonchev–Trinajstić information content (AvgIpc) is 2.47. The highest BCUT2D eigenvalue weighted by Gasteiger charge is 2.13. The van der Waals surface area contributed by atoms with Gasteiger partial charge in [-0.3, -0.25) is 0 Å². The van der Waals surface area contributed by atoms with Crippen LogP contribution in [0, 0.1) is 0 Å². The van der Waals surface area contributed by atoms with Crippen molar-refractivity contribution in [3.8, 4) is 0 Å². The predicted octanol–water partition coefficient (Wildman–Crippen LogP) is 2.45. The number of hydrogen-bond donors (Lipinski definition) is 1. The van der Waals surface area contributed by atoms with E-state index in [9.17, 15) is 0 Å².